The lowest BCUT2D eigenvalue weighted by Gasteiger charge is -2.27. The van der Waals surface area contributed by atoms with Crippen LogP contribution in [-0.2, 0) is 16.1 Å². The molecule has 10 nitrogen and oxygen atoms in total. The average molecular weight is 670 g/mol. The second-order valence-corrected chi connectivity index (χ2v) is 11.9. The fourth-order valence-corrected chi connectivity index (χ4v) is 6.35. The molecule has 3 heterocycles. The highest BCUT2D eigenvalue weighted by molar-refractivity contribution is 6.33. The van der Waals surface area contributed by atoms with E-state index in [9.17, 15) is 23.2 Å². The van der Waals surface area contributed by atoms with Gasteiger partial charge in [0.05, 0.1) is 28.6 Å². The standard InChI is InChI=1S/C34H23ClF3N7O3/c35-24-13-19(36)6-7-21(24)22-2-1-3-25(31(22)38)42-34(48)28-12-18-11-27(18)45(28)30(46)16-44-26-8-4-17(10-23(26)32(43-44)33(39)47)5-9-29-40-14-20(37)15-41-29/h1-4,6-8,10,13-15,18,27-28H,11-12,16H2,(H2,39,47)(H,42,48)/t18-,27-,28+/m1/s1. The Balaban J connectivity index is 1.12. The fourth-order valence-electron chi connectivity index (χ4n) is 6.08. The van der Waals surface area contributed by atoms with Crippen LogP contribution < -0.4 is 11.1 Å². The number of piperidine rings is 1. The van der Waals surface area contributed by atoms with Gasteiger partial charge in [-0.15, -0.1) is 0 Å². The summed E-state index contributed by atoms with van der Waals surface area (Å²) in [7, 11) is 0. The molecule has 48 heavy (non-hydrogen) atoms. The molecule has 0 bridgehead atoms. The van der Waals surface area contributed by atoms with Crippen LogP contribution in [0.4, 0.5) is 18.9 Å². The molecule has 5 aromatic rings. The van der Waals surface area contributed by atoms with Gasteiger partial charge in [-0.2, -0.15) is 5.10 Å². The number of benzene rings is 3. The summed E-state index contributed by atoms with van der Waals surface area (Å²) in [4.78, 5) is 48.7. The van der Waals surface area contributed by atoms with Crippen LogP contribution in [0.5, 0.6) is 0 Å². The van der Waals surface area contributed by atoms with Gasteiger partial charge < -0.3 is 16.0 Å². The molecule has 240 valence electrons. The first-order chi connectivity index (χ1) is 23.1. The van der Waals surface area contributed by atoms with Crippen LogP contribution in [0.15, 0.2) is 67.0 Å². The summed E-state index contributed by atoms with van der Waals surface area (Å²) in [6.07, 6.45) is 3.12. The van der Waals surface area contributed by atoms with E-state index in [0.29, 0.717) is 22.9 Å². The van der Waals surface area contributed by atoms with Gasteiger partial charge in [-0.3, -0.25) is 19.1 Å². The molecular formula is C34H23ClF3N7O3. The molecule has 7 rings (SSSR count). The van der Waals surface area contributed by atoms with E-state index < -0.39 is 41.2 Å². The number of nitrogens with two attached hydrogens (primary N) is 1. The Hall–Kier alpha value is -5.74. The van der Waals surface area contributed by atoms with Gasteiger partial charge in [-0.25, -0.2) is 23.1 Å². The van der Waals surface area contributed by atoms with Crippen molar-refractivity contribution in [3.63, 3.8) is 0 Å². The van der Waals surface area contributed by atoms with Crippen LogP contribution in [0.3, 0.4) is 0 Å². The van der Waals surface area contributed by atoms with Crippen LogP contribution in [0.1, 0.15) is 34.7 Å². The predicted octanol–water partition coefficient (Wildman–Crippen LogP) is 4.69. The molecule has 2 aromatic heterocycles. The summed E-state index contributed by atoms with van der Waals surface area (Å²) in [6.45, 7) is -0.294. The number of halogens is 4. The van der Waals surface area contributed by atoms with E-state index in [-0.39, 0.29) is 51.9 Å². The zero-order chi connectivity index (χ0) is 33.7. The second-order valence-electron chi connectivity index (χ2n) is 11.5. The van der Waals surface area contributed by atoms with E-state index >= 15 is 4.39 Å². The van der Waals surface area contributed by atoms with Crippen LogP contribution >= 0.6 is 11.6 Å². The Bertz CT molecular complexity index is 2210. The van der Waals surface area contributed by atoms with Gasteiger partial charge in [0.1, 0.15) is 18.4 Å². The molecule has 2 fully saturated rings. The third kappa shape index (κ3) is 5.82. The third-order valence-corrected chi connectivity index (χ3v) is 8.69. The molecule has 1 saturated carbocycles. The molecule has 3 amide bonds. The number of hydrogen-bond donors (Lipinski definition) is 2. The zero-order valence-corrected chi connectivity index (χ0v) is 25.5. The monoisotopic (exact) mass is 669 g/mol. The third-order valence-electron chi connectivity index (χ3n) is 8.38. The molecule has 1 saturated heterocycles. The van der Waals surface area contributed by atoms with Crippen molar-refractivity contribution < 1.29 is 27.6 Å². The number of nitrogens with zero attached hydrogens (tertiary/aromatic N) is 5. The first-order valence-corrected chi connectivity index (χ1v) is 15.1. The van der Waals surface area contributed by atoms with Crippen LogP contribution in [0.25, 0.3) is 22.0 Å². The van der Waals surface area contributed by atoms with Crippen molar-refractivity contribution in [1.82, 2.24) is 24.6 Å². The van der Waals surface area contributed by atoms with Gasteiger partial charge in [-0.1, -0.05) is 29.7 Å². The van der Waals surface area contributed by atoms with Gasteiger partial charge >= 0.3 is 0 Å². The van der Waals surface area contributed by atoms with E-state index in [1.54, 1.807) is 18.2 Å². The lowest BCUT2D eigenvalue weighted by atomic mass is 10.0. The first kappa shape index (κ1) is 30.9. The Morgan fingerprint density at radius 2 is 1.75 bits per heavy atom. The van der Waals surface area contributed by atoms with Gasteiger partial charge in [0.2, 0.25) is 17.6 Å². The highest BCUT2D eigenvalue weighted by Gasteiger charge is 2.56. The minimum atomic E-state index is -0.869. The molecule has 0 spiro atoms. The summed E-state index contributed by atoms with van der Waals surface area (Å²) in [5.41, 5.74) is 6.66. The fraction of sp³-hybridized carbons (Fsp3) is 0.176. The smallest absolute Gasteiger partial charge is 0.269 e. The highest BCUT2D eigenvalue weighted by Crippen LogP contribution is 2.48. The Kier molecular flexibility index (Phi) is 7.80. The molecule has 3 atom stereocenters. The zero-order valence-electron chi connectivity index (χ0n) is 24.8. The minimum Gasteiger partial charge on any atom is -0.364 e. The SMILES string of the molecule is NC(=O)c1nn(CC(=O)N2[C@@H]3C[C@@H]3C[C@H]2C(=O)Nc2cccc(-c3ccc(F)cc3Cl)c2F)c2ccc(C#Cc3ncc(F)cn3)cc12. The second kappa shape index (κ2) is 12.1. The number of carbonyl (C=O) groups excluding carboxylic acids is 3. The summed E-state index contributed by atoms with van der Waals surface area (Å²) < 4.78 is 43.6. The quantitative estimate of drug-likeness (QED) is 0.252. The van der Waals surface area contributed by atoms with E-state index in [4.69, 9.17) is 17.3 Å². The summed E-state index contributed by atoms with van der Waals surface area (Å²) in [5.74, 6) is 2.08. The van der Waals surface area contributed by atoms with Crippen molar-refractivity contribution >= 4 is 45.9 Å². The average Bonchev–Trinajstić information content (AvgIpc) is 3.57. The van der Waals surface area contributed by atoms with Gasteiger partial charge in [0.15, 0.2) is 17.3 Å². The summed E-state index contributed by atoms with van der Waals surface area (Å²) in [5, 5.41) is 7.29. The number of primary amides is 1. The Morgan fingerprint density at radius 1 is 0.958 bits per heavy atom. The minimum absolute atomic E-state index is 0.0134. The number of hydrogen-bond acceptors (Lipinski definition) is 6. The number of likely N-dealkylation sites (tertiary alicyclic amines) is 1. The van der Waals surface area contributed by atoms with Crippen molar-refractivity contribution in [2.24, 2.45) is 11.7 Å². The number of rotatable bonds is 6. The number of carbonyl (C=O) groups is 3. The van der Waals surface area contributed by atoms with Gasteiger partial charge in [0.25, 0.3) is 5.91 Å². The largest absolute Gasteiger partial charge is 0.364 e. The lowest BCUT2D eigenvalue weighted by Crippen LogP contribution is -2.46. The molecule has 3 aromatic carbocycles. The van der Waals surface area contributed by atoms with Crippen molar-refractivity contribution in [2.75, 3.05) is 5.32 Å². The van der Waals surface area contributed by atoms with E-state index in [1.165, 1.54) is 33.8 Å². The van der Waals surface area contributed by atoms with E-state index in [0.717, 1.165) is 30.9 Å². The first-order valence-electron chi connectivity index (χ1n) is 14.7. The van der Waals surface area contributed by atoms with Crippen LogP contribution in [0.2, 0.25) is 5.02 Å². The normalized spacial score (nSPS) is 17.8. The lowest BCUT2D eigenvalue weighted by molar-refractivity contribution is -0.138. The maximum atomic E-state index is 15.6. The van der Waals surface area contributed by atoms with Crippen molar-refractivity contribution in [3.8, 4) is 23.0 Å². The molecule has 3 N–H and O–H groups in total. The molecule has 0 unspecified atom stereocenters. The highest BCUT2D eigenvalue weighted by atomic mass is 35.5. The van der Waals surface area contributed by atoms with Crippen LogP contribution in [0, 0.1) is 35.2 Å². The summed E-state index contributed by atoms with van der Waals surface area (Å²) in [6, 6.07) is 11.8. The molecule has 0 radical (unpaired) electrons. The van der Waals surface area contributed by atoms with E-state index in [1.807, 2.05) is 0 Å². The van der Waals surface area contributed by atoms with E-state index in [2.05, 4.69) is 32.2 Å². The number of fused-ring (bicyclic) bond motifs is 2. The Labute approximate surface area is 275 Å². The predicted molar refractivity (Wildman–Crippen MR) is 169 cm³/mol. The van der Waals surface area contributed by atoms with Crippen molar-refractivity contribution in [1.29, 1.82) is 0 Å². The van der Waals surface area contributed by atoms with Gasteiger partial charge in [-0.05, 0) is 67.1 Å². The molecule has 1 aliphatic heterocycles. The molecule has 1 aliphatic carbocycles. The number of nitrogens with one attached hydrogen (secondary N) is 1. The Morgan fingerprint density at radius 3 is 2.50 bits per heavy atom. The summed E-state index contributed by atoms with van der Waals surface area (Å²) >= 11 is 6.15. The van der Waals surface area contributed by atoms with Gasteiger partial charge in [0, 0.05) is 28.1 Å². The number of anilines is 1. The molecular weight excluding hydrogens is 647 g/mol. The maximum Gasteiger partial charge on any atom is 0.269 e. The molecule has 2 aliphatic rings. The topological polar surface area (TPSA) is 136 Å². The number of aromatic nitrogens is 4. The number of amides is 3. The maximum absolute atomic E-state index is 15.6. The van der Waals surface area contributed by atoms with Crippen molar-refractivity contribution in [2.45, 2.75) is 31.5 Å². The van der Waals surface area contributed by atoms with Crippen LogP contribution in [-0.4, -0.2) is 54.5 Å². The molecule has 14 heteroatoms. The van der Waals surface area contributed by atoms with Crippen molar-refractivity contribution in [3.05, 3.63) is 107 Å².